The van der Waals surface area contributed by atoms with E-state index in [1.54, 1.807) is 0 Å². The first-order valence-electron chi connectivity index (χ1n) is 6.04. The van der Waals surface area contributed by atoms with E-state index in [0.717, 1.165) is 25.9 Å². The SMILES string of the molecule is OC(Cc1nc(CC2CCCCO2)no1)C(F)F. The number of rotatable bonds is 5. The Bertz CT molecular complexity index is 367. The summed E-state index contributed by atoms with van der Waals surface area (Å²) in [6.45, 7) is 0.736. The van der Waals surface area contributed by atoms with E-state index in [2.05, 4.69) is 10.1 Å². The third-order valence-electron chi connectivity index (χ3n) is 2.87. The molecule has 0 bridgehead atoms. The average Bonchev–Trinajstić information content (AvgIpc) is 2.77. The van der Waals surface area contributed by atoms with E-state index < -0.39 is 12.5 Å². The summed E-state index contributed by atoms with van der Waals surface area (Å²) in [4.78, 5) is 3.98. The first-order valence-corrected chi connectivity index (χ1v) is 6.04. The molecule has 2 unspecified atom stereocenters. The molecule has 102 valence electrons. The molecule has 0 radical (unpaired) electrons. The molecule has 2 heterocycles. The zero-order valence-corrected chi connectivity index (χ0v) is 9.89. The fourth-order valence-electron chi connectivity index (χ4n) is 1.90. The van der Waals surface area contributed by atoms with Crippen LogP contribution < -0.4 is 0 Å². The molecule has 0 aromatic carbocycles. The lowest BCUT2D eigenvalue weighted by atomic mass is 10.1. The van der Waals surface area contributed by atoms with Gasteiger partial charge in [-0.05, 0) is 19.3 Å². The third-order valence-corrected chi connectivity index (χ3v) is 2.87. The van der Waals surface area contributed by atoms with E-state index in [0.29, 0.717) is 12.2 Å². The molecule has 1 aromatic rings. The van der Waals surface area contributed by atoms with Crippen LogP contribution in [0.1, 0.15) is 31.0 Å². The third kappa shape index (κ3) is 3.71. The Kier molecular flexibility index (Phi) is 4.60. The van der Waals surface area contributed by atoms with Crippen LogP contribution in [0.4, 0.5) is 8.78 Å². The minimum absolute atomic E-state index is 0.0357. The molecule has 0 amide bonds. The van der Waals surface area contributed by atoms with Gasteiger partial charge in [0.1, 0.15) is 6.10 Å². The van der Waals surface area contributed by atoms with Gasteiger partial charge < -0.3 is 14.4 Å². The van der Waals surface area contributed by atoms with E-state index in [4.69, 9.17) is 14.4 Å². The minimum Gasteiger partial charge on any atom is -0.387 e. The Hall–Kier alpha value is -1.08. The molecule has 0 aliphatic carbocycles. The summed E-state index contributed by atoms with van der Waals surface area (Å²) in [5.74, 6) is 0.479. The van der Waals surface area contributed by atoms with E-state index in [1.165, 1.54) is 0 Å². The Balaban J connectivity index is 1.85. The van der Waals surface area contributed by atoms with Gasteiger partial charge >= 0.3 is 0 Å². The molecule has 2 rings (SSSR count). The largest absolute Gasteiger partial charge is 0.387 e. The molecular weight excluding hydrogens is 246 g/mol. The highest BCUT2D eigenvalue weighted by Gasteiger charge is 2.22. The predicted molar refractivity (Wildman–Crippen MR) is 57.3 cm³/mol. The van der Waals surface area contributed by atoms with Crippen LogP contribution in [0.3, 0.4) is 0 Å². The van der Waals surface area contributed by atoms with Crippen molar-refractivity contribution >= 4 is 0 Å². The number of nitrogens with zero attached hydrogens (tertiary/aromatic N) is 2. The second-order valence-electron chi connectivity index (χ2n) is 4.40. The van der Waals surface area contributed by atoms with Crippen LogP contribution in [-0.2, 0) is 17.6 Å². The summed E-state index contributed by atoms with van der Waals surface area (Å²) in [5.41, 5.74) is 0. The fourth-order valence-corrected chi connectivity index (χ4v) is 1.90. The van der Waals surface area contributed by atoms with Gasteiger partial charge in [-0.15, -0.1) is 0 Å². The Labute approximate surface area is 103 Å². The highest BCUT2D eigenvalue weighted by atomic mass is 19.3. The van der Waals surface area contributed by atoms with Crippen LogP contribution in [0.25, 0.3) is 0 Å². The van der Waals surface area contributed by atoms with Gasteiger partial charge in [-0.2, -0.15) is 4.98 Å². The molecule has 1 aromatic heterocycles. The molecule has 1 aliphatic rings. The summed E-state index contributed by atoms with van der Waals surface area (Å²) in [7, 11) is 0. The van der Waals surface area contributed by atoms with Gasteiger partial charge in [-0.1, -0.05) is 5.16 Å². The number of aromatic nitrogens is 2. The first kappa shape index (κ1) is 13.4. The number of hydrogen-bond donors (Lipinski definition) is 1. The summed E-state index contributed by atoms with van der Waals surface area (Å²) in [5, 5.41) is 12.7. The zero-order valence-electron chi connectivity index (χ0n) is 9.89. The summed E-state index contributed by atoms with van der Waals surface area (Å²) < 4.78 is 34.6. The minimum atomic E-state index is -2.80. The number of aliphatic hydroxyl groups is 1. The van der Waals surface area contributed by atoms with Gasteiger partial charge in [0.15, 0.2) is 5.82 Å². The number of hydrogen-bond acceptors (Lipinski definition) is 5. The van der Waals surface area contributed by atoms with Gasteiger partial charge in [-0.25, -0.2) is 8.78 Å². The Morgan fingerprint density at radius 1 is 1.39 bits per heavy atom. The normalized spacial score (nSPS) is 22.3. The molecule has 5 nitrogen and oxygen atoms in total. The van der Waals surface area contributed by atoms with Crippen molar-refractivity contribution in [2.75, 3.05) is 6.61 Å². The molecular formula is C11H16F2N2O3. The van der Waals surface area contributed by atoms with E-state index >= 15 is 0 Å². The van der Waals surface area contributed by atoms with Crippen molar-refractivity contribution in [3.8, 4) is 0 Å². The van der Waals surface area contributed by atoms with Crippen molar-refractivity contribution in [1.29, 1.82) is 0 Å². The van der Waals surface area contributed by atoms with Crippen LogP contribution in [0.5, 0.6) is 0 Å². The molecule has 18 heavy (non-hydrogen) atoms. The lowest BCUT2D eigenvalue weighted by Gasteiger charge is -2.20. The zero-order chi connectivity index (χ0) is 13.0. The van der Waals surface area contributed by atoms with E-state index in [1.807, 2.05) is 0 Å². The maximum Gasteiger partial charge on any atom is 0.264 e. The molecule has 2 atom stereocenters. The monoisotopic (exact) mass is 262 g/mol. The van der Waals surface area contributed by atoms with E-state index in [-0.39, 0.29) is 18.4 Å². The molecule has 1 aliphatic heterocycles. The lowest BCUT2D eigenvalue weighted by Crippen LogP contribution is -2.22. The summed E-state index contributed by atoms with van der Waals surface area (Å²) in [6, 6.07) is 0. The van der Waals surface area contributed by atoms with E-state index in [9.17, 15) is 8.78 Å². The second kappa shape index (κ2) is 6.19. The van der Waals surface area contributed by atoms with Gasteiger partial charge in [0.05, 0.1) is 12.5 Å². The van der Waals surface area contributed by atoms with Crippen molar-refractivity contribution in [2.45, 2.75) is 50.7 Å². The standard InChI is InChI=1S/C11H16F2N2O3/c12-11(13)8(16)6-10-14-9(15-18-10)5-7-3-1-2-4-17-7/h7-8,11,16H,1-6H2. The topological polar surface area (TPSA) is 68.4 Å². The lowest BCUT2D eigenvalue weighted by molar-refractivity contribution is -0.00754. The molecule has 0 saturated carbocycles. The molecule has 7 heteroatoms. The Morgan fingerprint density at radius 2 is 2.22 bits per heavy atom. The first-order chi connectivity index (χ1) is 8.65. The maximum absolute atomic E-state index is 12.1. The highest BCUT2D eigenvalue weighted by molar-refractivity contribution is 4.91. The van der Waals surface area contributed by atoms with Gasteiger partial charge in [0.2, 0.25) is 5.89 Å². The fraction of sp³-hybridized carbons (Fsp3) is 0.818. The summed E-state index contributed by atoms with van der Waals surface area (Å²) >= 11 is 0. The van der Waals surface area contributed by atoms with Crippen molar-refractivity contribution < 1.29 is 23.1 Å². The van der Waals surface area contributed by atoms with Gasteiger partial charge in [0, 0.05) is 13.0 Å². The van der Waals surface area contributed by atoms with Crippen LogP contribution in [0.2, 0.25) is 0 Å². The maximum atomic E-state index is 12.1. The highest BCUT2D eigenvalue weighted by Crippen LogP contribution is 2.16. The molecule has 1 saturated heterocycles. The van der Waals surface area contributed by atoms with Crippen molar-refractivity contribution in [3.05, 3.63) is 11.7 Å². The quantitative estimate of drug-likeness (QED) is 0.867. The van der Waals surface area contributed by atoms with Gasteiger partial charge in [0.25, 0.3) is 6.43 Å². The second-order valence-corrected chi connectivity index (χ2v) is 4.40. The van der Waals surface area contributed by atoms with Crippen molar-refractivity contribution in [2.24, 2.45) is 0 Å². The molecule has 1 N–H and O–H groups in total. The number of alkyl halides is 2. The average molecular weight is 262 g/mol. The summed E-state index contributed by atoms with van der Waals surface area (Å²) in [6.07, 6.45) is -1.17. The van der Waals surface area contributed by atoms with Crippen LogP contribution in [0.15, 0.2) is 4.52 Å². The van der Waals surface area contributed by atoms with Crippen LogP contribution in [0, 0.1) is 0 Å². The predicted octanol–water partition coefficient (Wildman–Crippen LogP) is 1.35. The van der Waals surface area contributed by atoms with Gasteiger partial charge in [-0.3, -0.25) is 0 Å². The van der Waals surface area contributed by atoms with Crippen LogP contribution in [-0.4, -0.2) is 40.5 Å². The Morgan fingerprint density at radius 3 is 2.89 bits per heavy atom. The molecule has 0 spiro atoms. The van der Waals surface area contributed by atoms with Crippen LogP contribution >= 0.6 is 0 Å². The molecule has 1 fully saturated rings. The number of halogens is 2. The smallest absolute Gasteiger partial charge is 0.264 e. The van der Waals surface area contributed by atoms with Crippen molar-refractivity contribution in [1.82, 2.24) is 10.1 Å². The number of aliphatic hydroxyl groups excluding tert-OH is 1. The van der Waals surface area contributed by atoms with Crippen molar-refractivity contribution in [3.63, 3.8) is 0 Å². The number of ether oxygens (including phenoxy) is 1.